The Labute approximate surface area is 141 Å². The summed E-state index contributed by atoms with van der Waals surface area (Å²) in [6, 6.07) is 15.1. The highest BCUT2D eigenvalue weighted by atomic mass is 32.1. The highest BCUT2D eigenvalue weighted by Gasteiger charge is 2.26. The molecular formula is C19H23N3S+2. The van der Waals surface area contributed by atoms with Gasteiger partial charge in [0, 0.05) is 10.8 Å². The molecule has 4 heteroatoms. The molecule has 0 bridgehead atoms. The normalized spacial score (nSPS) is 16.1. The summed E-state index contributed by atoms with van der Waals surface area (Å²) < 4.78 is 1.43. The van der Waals surface area contributed by atoms with Gasteiger partial charge in [-0.3, -0.25) is 4.90 Å². The number of rotatable bonds is 3. The zero-order valence-corrected chi connectivity index (χ0v) is 14.3. The Kier molecular flexibility index (Phi) is 4.02. The number of aryl methyl sites for hydroxylation is 1. The summed E-state index contributed by atoms with van der Waals surface area (Å²) in [6.07, 6.45) is 2.01. The lowest BCUT2D eigenvalue weighted by Gasteiger charge is -2.28. The molecular weight excluding hydrogens is 302 g/mol. The first kappa shape index (κ1) is 14.7. The maximum absolute atomic E-state index is 3.35. The van der Waals surface area contributed by atoms with Crippen molar-refractivity contribution in [2.24, 2.45) is 0 Å². The number of nitrogens with zero attached hydrogens (tertiary/aromatic N) is 1. The van der Waals surface area contributed by atoms with E-state index in [0.717, 1.165) is 19.6 Å². The number of piperazine rings is 1. The second-order valence-corrected chi connectivity index (χ2v) is 7.44. The first-order valence-corrected chi connectivity index (χ1v) is 9.15. The molecule has 1 saturated heterocycles. The van der Waals surface area contributed by atoms with Gasteiger partial charge in [0.2, 0.25) is 0 Å². The van der Waals surface area contributed by atoms with Crippen molar-refractivity contribution < 1.29 is 9.88 Å². The molecule has 3 aromatic rings. The van der Waals surface area contributed by atoms with Crippen molar-refractivity contribution in [3.8, 4) is 0 Å². The van der Waals surface area contributed by atoms with Crippen LogP contribution in [0.1, 0.15) is 10.4 Å². The van der Waals surface area contributed by atoms with Crippen LogP contribution in [-0.4, -0.2) is 26.2 Å². The van der Waals surface area contributed by atoms with Gasteiger partial charge in [-0.2, -0.15) is 0 Å². The molecule has 0 saturated carbocycles. The van der Waals surface area contributed by atoms with E-state index >= 15 is 0 Å². The van der Waals surface area contributed by atoms with Gasteiger partial charge in [-0.25, -0.2) is 4.98 Å². The van der Waals surface area contributed by atoms with Gasteiger partial charge in [-0.1, -0.05) is 24.3 Å². The molecule has 118 valence electrons. The average Bonchev–Trinajstić information content (AvgIpc) is 2.93. The van der Waals surface area contributed by atoms with E-state index in [1.165, 1.54) is 34.6 Å². The van der Waals surface area contributed by atoms with E-state index in [4.69, 9.17) is 0 Å². The molecule has 4 rings (SSSR count). The Morgan fingerprint density at radius 1 is 1.09 bits per heavy atom. The Bertz CT molecular complexity index is 789. The smallest absolute Gasteiger partial charge is 0.274 e. The van der Waals surface area contributed by atoms with Gasteiger partial charge in [0.05, 0.1) is 11.1 Å². The summed E-state index contributed by atoms with van der Waals surface area (Å²) in [4.78, 5) is 9.07. The maximum atomic E-state index is 3.35. The van der Waals surface area contributed by atoms with Gasteiger partial charge in [0.15, 0.2) is 0 Å². The van der Waals surface area contributed by atoms with Crippen LogP contribution in [0.2, 0.25) is 0 Å². The van der Waals surface area contributed by atoms with Crippen molar-refractivity contribution in [2.75, 3.05) is 31.1 Å². The van der Waals surface area contributed by atoms with Gasteiger partial charge < -0.3 is 4.90 Å². The second-order valence-electron chi connectivity index (χ2n) is 6.31. The van der Waals surface area contributed by atoms with Crippen molar-refractivity contribution in [3.05, 3.63) is 59.1 Å². The summed E-state index contributed by atoms with van der Waals surface area (Å²) in [5, 5.41) is 1.43. The minimum atomic E-state index is 1.12. The number of aromatic nitrogens is 1. The molecule has 1 aromatic carbocycles. The molecule has 1 aliphatic heterocycles. The van der Waals surface area contributed by atoms with Crippen LogP contribution < -0.4 is 14.8 Å². The Morgan fingerprint density at radius 3 is 2.61 bits per heavy atom. The number of anilines is 1. The van der Waals surface area contributed by atoms with Crippen LogP contribution in [-0.2, 0) is 6.54 Å². The van der Waals surface area contributed by atoms with Crippen molar-refractivity contribution >= 4 is 27.2 Å². The SMILES string of the molecule is Cc1c(C[NH+]2CCN(c3cccc[nH+]3)CC2)sc2ccccc12. The fraction of sp³-hybridized carbons (Fsp3) is 0.316. The van der Waals surface area contributed by atoms with Crippen LogP contribution in [0.4, 0.5) is 5.82 Å². The van der Waals surface area contributed by atoms with Crippen LogP contribution in [0, 0.1) is 6.92 Å². The Morgan fingerprint density at radius 2 is 1.87 bits per heavy atom. The van der Waals surface area contributed by atoms with Crippen LogP contribution in [0.5, 0.6) is 0 Å². The molecule has 0 atom stereocenters. The summed E-state index contributed by atoms with van der Waals surface area (Å²) >= 11 is 1.97. The van der Waals surface area contributed by atoms with E-state index in [0.29, 0.717) is 0 Å². The van der Waals surface area contributed by atoms with Crippen molar-refractivity contribution in [1.82, 2.24) is 0 Å². The first-order chi connectivity index (χ1) is 11.3. The van der Waals surface area contributed by atoms with Crippen molar-refractivity contribution in [1.29, 1.82) is 0 Å². The Balaban J connectivity index is 1.43. The third-order valence-corrected chi connectivity index (χ3v) is 6.13. The molecule has 0 aliphatic carbocycles. The molecule has 0 amide bonds. The lowest BCUT2D eigenvalue weighted by molar-refractivity contribution is -0.914. The van der Waals surface area contributed by atoms with Gasteiger partial charge in [-0.05, 0) is 30.0 Å². The number of pyridine rings is 1. The molecule has 3 heterocycles. The molecule has 0 radical (unpaired) electrons. The van der Waals surface area contributed by atoms with E-state index in [9.17, 15) is 0 Å². The van der Waals surface area contributed by atoms with Gasteiger partial charge >= 0.3 is 0 Å². The quantitative estimate of drug-likeness (QED) is 0.781. The third-order valence-electron chi connectivity index (χ3n) is 4.86. The van der Waals surface area contributed by atoms with E-state index in [2.05, 4.69) is 53.2 Å². The number of H-pyrrole nitrogens is 1. The van der Waals surface area contributed by atoms with Gasteiger partial charge in [0.25, 0.3) is 5.82 Å². The summed E-state index contributed by atoms with van der Waals surface area (Å²) in [5.74, 6) is 1.24. The second kappa shape index (κ2) is 6.30. The molecule has 23 heavy (non-hydrogen) atoms. The van der Waals surface area contributed by atoms with Crippen molar-refractivity contribution in [2.45, 2.75) is 13.5 Å². The van der Waals surface area contributed by atoms with E-state index in [1.54, 1.807) is 9.78 Å². The van der Waals surface area contributed by atoms with E-state index < -0.39 is 0 Å². The number of fused-ring (bicyclic) bond motifs is 1. The van der Waals surface area contributed by atoms with Crippen LogP contribution in [0.3, 0.4) is 0 Å². The number of aromatic amines is 1. The minimum absolute atomic E-state index is 1.12. The topological polar surface area (TPSA) is 21.8 Å². The summed E-state index contributed by atoms with van der Waals surface area (Å²) in [5.41, 5.74) is 1.48. The zero-order chi connectivity index (χ0) is 15.6. The highest BCUT2D eigenvalue weighted by molar-refractivity contribution is 7.19. The fourth-order valence-corrected chi connectivity index (χ4v) is 4.72. The number of quaternary nitrogens is 1. The standard InChI is InChI=1S/C19H21N3S/c1-15-16-6-2-3-7-17(16)23-18(15)14-21-10-12-22(13-11-21)19-8-4-5-9-20-19/h2-9H,10-14H2,1H3/p+2. The predicted octanol–water partition coefficient (Wildman–Crippen LogP) is 1.93. The molecule has 2 aromatic heterocycles. The van der Waals surface area contributed by atoms with Gasteiger partial charge in [0.1, 0.15) is 32.7 Å². The third kappa shape index (κ3) is 2.96. The zero-order valence-electron chi connectivity index (χ0n) is 13.5. The number of thiophene rings is 1. The highest BCUT2D eigenvalue weighted by Crippen LogP contribution is 2.29. The monoisotopic (exact) mass is 325 g/mol. The maximum Gasteiger partial charge on any atom is 0.274 e. The van der Waals surface area contributed by atoms with E-state index in [-0.39, 0.29) is 0 Å². The molecule has 1 aliphatic rings. The lowest BCUT2D eigenvalue weighted by Crippen LogP contribution is -3.13. The summed E-state index contributed by atoms with van der Waals surface area (Å²) in [6.45, 7) is 8.10. The number of hydrogen-bond acceptors (Lipinski definition) is 2. The summed E-state index contributed by atoms with van der Waals surface area (Å²) in [7, 11) is 0. The number of nitrogens with one attached hydrogen (secondary N) is 2. The van der Waals surface area contributed by atoms with Crippen molar-refractivity contribution in [3.63, 3.8) is 0 Å². The lowest BCUT2D eigenvalue weighted by atomic mass is 10.1. The van der Waals surface area contributed by atoms with Crippen LogP contribution >= 0.6 is 11.3 Å². The fourth-order valence-electron chi connectivity index (χ4n) is 3.44. The number of hydrogen-bond donors (Lipinski definition) is 1. The molecule has 3 nitrogen and oxygen atoms in total. The van der Waals surface area contributed by atoms with Gasteiger partial charge in [-0.15, -0.1) is 11.3 Å². The largest absolute Gasteiger partial charge is 0.324 e. The molecule has 0 spiro atoms. The van der Waals surface area contributed by atoms with Crippen LogP contribution in [0.15, 0.2) is 48.7 Å². The van der Waals surface area contributed by atoms with Crippen LogP contribution in [0.25, 0.3) is 10.1 Å². The number of benzene rings is 1. The minimum Gasteiger partial charge on any atom is -0.324 e. The molecule has 1 fully saturated rings. The predicted molar refractivity (Wildman–Crippen MR) is 96.2 cm³/mol. The van der Waals surface area contributed by atoms with E-state index in [1.807, 2.05) is 23.6 Å². The molecule has 2 N–H and O–H groups in total. The Hall–Kier alpha value is -1.91. The first-order valence-electron chi connectivity index (χ1n) is 8.33. The molecule has 0 unspecified atom stereocenters. The average molecular weight is 325 g/mol.